The van der Waals surface area contributed by atoms with E-state index in [2.05, 4.69) is 46.7 Å². The molecule has 1 heterocycles. The number of rotatable bonds is 6. The molecule has 0 aliphatic heterocycles. The maximum atomic E-state index is 12.4. The fourth-order valence-electron chi connectivity index (χ4n) is 3.57. The molecule has 2 aromatic carbocycles. The van der Waals surface area contributed by atoms with E-state index in [0.29, 0.717) is 6.42 Å². The van der Waals surface area contributed by atoms with E-state index in [9.17, 15) is 4.79 Å². The average Bonchev–Trinajstić information content (AvgIpc) is 2.74. The molecule has 0 fully saturated rings. The van der Waals surface area contributed by atoms with E-state index in [1.165, 1.54) is 40.8 Å². The van der Waals surface area contributed by atoms with Crippen LogP contribution in [0.1, 0.15) is 35.1 Å². The van der Waals surface area contributed by atoms with Crippen molar-refractivity contribution in [2.75, 3.05) is 5.32 Å². The van der Waals surface area contributed by atoms with Gasteiger partial charge >= 0.3 is 0 Å². The number of hydrogen-bond acceptors (Lipinski definition) is 3. The van der Waals surface area contributed by atoms with Gasteiger partial charge in [-0.15, -0.1) is 11.8 Å². The number of amides is 1. The maximum Gasteiger partial charge on any atom is 0.228 e. The molecule has 0 atom stereocenters. The first kappa shape index (κ1) is 18.8. The lowest BCUT2D eigenvalue weighted by Gasteiger charge is -2.16. The number of nitrogens with zero attached hydrogens (tertiary/aromatic N) is 1. The summed E-state index contributed by atoms with van der Waals surface area (Å²) >= 11 is 1.76. The number of aryl methyl sites for hydroxylation is 2. The minimum Gasteiger partial charge on any atom is -0.326 e. The number of aromatic nitrogens is 1. The highest BCUT2D eigenvalue weighted by molar-refractivity contribution is 7.98. The highest BCUT2D eigenvalue weighted by Crippen LogP contribution is 2.25. The zero-order chi connectivity index (χ0) is 19.2. The zero-order valence-electron chi connectivity index (χ0n) is 15.9. The van der Waals surface area contributed by atoms with Gasteiger partial charge in [0.1, 0.15) is 0 Å². The van der Waals surface area contributed by atoms with Gasteiger partial charge in [0, 0.05) is 28.7 Å². The van der Waals surface area contributed by atoms with Crippen molar-refractivity contribution in [3.05, 3.63) is 89.2 Å². The molecular formula is C24H24N2OS. The lowest BCUT2D eigenvalue weighted by atomic mass is 9.90. The Morgan fingerprint density at radius 3 is 2.57 bits per heavy atom. The first-order valence-electron chi connectivity index (χ1n) is 9.78. The molecule has 1 aliphatic carbocycles. The third-order valence-corrected chi connectivity index (χ3v) is 6.13. The molecule has 142 valence electrons. The van der Waals surface area contributed by atoms with Crippen molar-refractivity contribution in [3.63, 3.8) is 0 Å². The summed E-state index contributed by atoms with van der Waals surface area (Å²) in [7, 11) is 0. The number of benzene rings is 2. The SMILES string of the molecule is O=C(Cc1ccc2c(c1)CCCC2)Nc1ccc(SCc2cccnc2)cc1. The molecule has 0 saturated carbocycles. The molecular weight excluding hydrogens is 364 g/mol. The summed E-state index contributed by atoms with van der Waals surface area (Å²) in [6.45, 7) is 0. The van der Waals surface area contributed by atoms with Crippen molar-refractivity contribution in [2.45, 2.75) is 42.8 Å². The molecule has 1 aliphatic rings. The van der Waals surface area contributed by atoms with Crippen LogP contribution in [0.15, 0.2) is 71.9 Å². The molecule has 3 nitrogen and oxygen atoms in total. The minimum atomic E-state index is 0.0338. The summed E-state index contributed by atoms with van der Waals surface area (Å²) in [6, 6.07) is 18.6. The molecule has 1 N–H and O–H groups in total. The van der Waals surface area contributed by atoms with Crippen LogP contribution in [0.4, 0.5) is 5.69 Å². The lowest BCUT2D eigenvalue weighted by Crippen LogP contribution is -2.15. The molecule has 1 amide bonds. The molecule has 0 unspecified atom stereocenters. The molecule has 4 heteroatoms. The van der Waals surface area contributed by atoms with Gasteiger partial charge in [0.05, 0.1) is 6.42 Å². The van der Waals surface area contributed by atoms with Crippen LogP contribution in [0.2, 0.25) is 0 Å². The Morgan fingerprint density at radius 1 is 0.964 bits per heavy atom. The first-order valence-corrected chi connectivity index (χ1v) is 10.8. The maximum absolute atomic E-state index is 12.4. The monoisotopic (exact) mass is 388 g/mol. The standard InChI is InChI=1S/C24H24N2OS/c27-24(15-18-7-8-20-5-1-2-6-21(20)14-18)26-22-9-11-23(12-10-22)28-17-19-4-3-13-25-16-19/h3-4,7-14,16H,1-2,5-6,15,17H2,(H,26,27). The van der Waals surface area contributed by atoms with Crippen molar-refractivity contribution < 1.29 is 4.79 Å². The van der Waals surface area contributed by atoms with Gasteiger partial charge in [-0.1, -0.05) is 24.3 Å². The van der Waals surface area contributed by atoms with Gasteiger partial charge in [-0.2, -0.15) is 0 Å². The lowest BCUT2D eigenvalue weighted by molar-refractivity contribution is -0.115. The molecule has 1 aromatic heterocycles. The zero-order valence-corrected chi connectivity index (χ0v) is 16.7. The van der Waals surface area contributed by atoms with E-state index in [1.54, 1.807) is 18.0 Å². The number of carbonyl (C=O) groups is 1. The summed E-state index contributed by atoms with van der Waals surface area (Å²) in [5.74, 6) is 0.921. The summed E-state index contributed by atoms with van der Waals surface area (Å²) in [6.07, 6.45) is 8.95. The number of thioether (sulfide) groups is 1. The summed E-state index contributed by atoms with van der Waals surface area (Å²) in [4.78, 5) is 17.7. The molecule has 0 bridgehead atoms. The van der Waals surface area contributed by atoms with Crippen LogP contribution in [0, 0.1) is 0 Å². The van der Waals surface area contributed by atoms with E-state index in [0.717, 1.165) is 23.4 Å². The van der Waals surface area contributed by atoms with Gasteiger partial charge in [0.25, 0.3) is 0 Å². The van der Waals surface area contributed by atoms with E-state index < -0.39 is 0 Å². The van der Waals surface area contributed by atoms with Crippen LogP contribution < -0.4 is 5.32 Å². The first-order chi connectivity index (χ1) is 13.8. The van der Waals surface area contributed by atoms with Crippen molar-refractivity contribution >= 4 is 23.4 Å². The topological polar surface area (TPSA) is 42.0 Å². The van der Waals surface area contributed by atoms with Crippen LogP contribution in [-0.2, 0) is 29.8 Å². The Hall–Kier alpha value is -2.59. The quantitative estimate of drug-likeness (QED) is 0.572. The minimum absolute atomic E-state index is 0.0338. The van der Waals surface area contributed by atoms with Gasteiger partial charge in [-0.25, -0.2) is 0 Å². The van der Waals surface area contributed by atoms with Gasteiger partial charge in [-0.05, 0) is 78.3 Å². The third-order valence-electron chi connectivity index (χ3n) is 5.04. The number of anilines is 1. The second-order valence-electron chi connectivity index (χ2n) is 7.21. The van der Waals surface area contributed by atoms with Crippen LogP contribution in [0.5, 0.6) is 0 Å². The summed E-state index contributed by atoms with van der Waals surface area (Å²) in [5, 5.41) is 3.01. The van der Waals surface area contributed by atoms with Crippen LogP contribution in [-0.4, -0.2) is 10.9 Å². The normalized spacial score (nSPS) is 13.0. The van der Waals surface area contributed by atoms with Crippen LogP contribution >= 0.6 is 11.8 Å². The summed E-state index contributed by atoms with van der Waals surface area (Å²) in [5.41, 5.74) is 6.02. The Balaban J connectivity index is 1.30. The number of fused-ring (bicyclic) bond motifs is 1. The predicted molar refractivity (Wildman–Crippen MR) is 116 cm³/mol. The Bertz CT molecular complexity index is 939. The Morgan fingerprint density at radius 2 is 1.79 bits per heavy atom. The molecule has 4 rings (SSSR count). The van der Waals surface area contributed by atoms with E-state index in [-0.39, 0.29) is 5.91 Å². The smallest absolute Gasteiger partial charge is 0.228 e. The van der Waals surface area contributed by atoms with Crippen molar-refractivity contribution in [2.24, 2.45) is 0 Å². The number of carbonyl (C=O) groups excluding carboxylic acids is 1. The van der Waals surface area contributed by atoms with Crippen molar-refractivity contribution in [1.82, 2.24) is 4.98 Å². The van der Waals surface area contributed by atoms with Gasteiger partial charge in [0.2, 0.25) is 5.91 Å². The fourth-order valence-corrected chi connectivity index (χ4v) is 4.40. The number of nitrogens with one attached hydrogen (secondary N) is 1. The van der Waals surface area contributed by atoms with Crippen molar-refractivity contribution in [1.29, 1.82) is 0 Å². The predicted octanol–water partition coefficient (Wildman–Crippen LogP) is 5.43. The number of hydrogen-bond donors (Lipinski definition) is 1. The second-order valence-corrected chi connectivity index (χ2v) is 8.26. The molecule has 3 aromatic rings. The molecule has 0 spiro atoms. The van der Waals surface area contributed by atoms with Gasteiger partial charge in [0.15, 0.2) is 0 Å². The molecule has 0 radical (unpaired) electrons. The van der Waals surface area contributed by atoms with Gasteiger partial charge in [-0.3, -0.25) is 9.78 Å². The van der Waals surface area contributed by atoms with E-state index >= 15 is 0 Å². The molecule has 0 saturated heterocycles. The molecule has 28 heavy (non-hydrogen) atoms. The highest BCUT2D eigenvalue weighted by atomic mass is 32.2. The fraction of sp³-hybridized carbons (Fsp3) is 0.250. The van der Waals surface area contributed by atoms with E-state index in [1.807, 2.05) is 24.4 Å². The summed E-state index contributed by atoms with van der Waals surface area (Å²) < 4.78 is 0. The average molecular weight is 389 g/mol. The van der Waals surface area contributed by atoms with Crippen LogP contribution in [0.3, 0.4) is 0 Å². The third kappa shape index (κ3) is 5.02. The van der Waals surface area contributed by atoms with Crippen molar-refractivity contribution in [3.8, 4) is 0 Å². The Labute approximate surface area is 170 Å². The largest absolute Gasteiger partial charge is 0.326 e. The Kier molecular flexibility index (Phi) is 6.07. The van der Waals surface area contributed by atoms with Gasteiger partial charge < -0.3 is 5.32 Å². The van der Waals surface area contributed by atoms with Crippen LogP contribution in [0.25, 0.3) is 0 Å². The van der Waals surface area contributed by atoms with E-state index in [4.69, 9.17) is 0 Å². The highest BCUT2D eigenvalue weighted by Gasteiger charge is 2.11. The number of pyridine rings is 1. The second kappa shape index (κ2) is 9.07.